The number of carbonyl (C=O) groups is 1. The number of nitrogens with zero attached hydrogens (tertiary/aromatic N) is 4. The molecule has 0 unspecified atom stereocenters. The third-order valence-electron chi connectivity index (χ3n) is 4.36. The fourth-order valence-electron chi connectivity index (χ4n) is 3.29. The van der Waals surface area contributed by atoms with E-state index in [1.165, 1.54) is 12.1 Å². The van der Waals surface area contributed by atoms with E-state index in [9.17, 15) is 9.18 Å². The Morgan fingerprint density at radius 3 is 2.88 bits per heavy atom. The molecule has 25 heavy (non-hydrogen) atoms. The van der Waals surface area contributed by atoms with E-state index in [4.69, 9.17) is 4.74 Å². The van der Waals surface area contributed by atoms with E-state index < -0.39 is 5.82 Å². The van der Waals surface area contributed by atoms with Crippen LogP contribution in [-0.4, -0.2) is 33.8 Å². The molecule has 0 fully saturated rings. The van der Waals surface area contributed by atoms with Gasteiger partial charge >= 0.3 is 0 Å². The van der Waals surface area contributed by atoms with Crippen molar-refractivity contribution in [3.63, 3.8) is 0 Å². The molecule has 7 heteroatoms. The second kappa shape index (κ2) is 5.54. The van der Waals surface area contributed by atoms with Gasteiger partial charge in [-0.2, -0.15) is 5.10 Å². The molecule has 1 aliphatic rings. The zero-order valence-corrected chi connectivity index (χ0v) is 14.2. The summed E-state index contributed by atoms with van der Waals surface area (Å²) in [6, 6.07) is 5.98. The van der Waals surface area contributed by atoms with Gasteiger partial charge in [0, 0.05) is 18.8 Å². The maximum atomic E-state index is 13.5. The Hall–Kier alpha value is -2.96. The predicted octanol–water partition coefficient (Wildman–Crippen LogP) is 2.76. The molecule has 3 aromatic rings. The lowest BCUT2D eigenvalue weighted by atomic mass is 10.1. The van der Waals surface area contributed by atoms with Crippen LogP contribution in [0.15, 0.2) is 24.3 Å². The number of hydrogen-bond donors (Lipinski definition) is 0. The molecule has 0 N–H and O–H groups in total. The Labute approximate surface area is 143 Å². The van der Waals surface area contributed by atoms with Gasteiger partial charge in [-0.25, -0.2) is 9.37 Å². The van der Waals surface area contributed by atoms with Crippen molar-refractivity contribution >= 4 is 22.6 Å². The number of hydrogen-bond acceptors (Lipinski definition) is 4. The SMILES string of the molecule is Cc1cc(C(=O)N2CCOc3cc(F)ccc32)c2c(C)nn(C)c2n1. The monoisotopic (exact) mass is 340 g/mol. The summed E-state index contributed by atoms with van der Waals surface area (Å²) in [6.45, 7) is 4.43. The van der Waals surface area contributed by atoms with E-state index in [-0.39, 0.29) is 5.91 Å². The lowest BCUT2D eigenvalue weighted by Crippen LogP contribution is -2.38. The molecular formula is C18H17FN4O2. The molecule has 0 saturated carbocycles. The van der Waals surface area contributed by atoms with Crippen molar-refractivity contribution in [1.29, 1.82) is 0 Å². The normalized spacial score (nSPS) is 13.7. The number of rotatable bonds is 1. The first-order valence-corrected chi connectivity index (χ1v) is 8.01. The van der Waals surface area contributed by atoms with Crippen molar-refractivity contribution in [2.75, 3.05) is 18.1 Å². The number of anilines is 1. The third-order valence-corrected chi connectivity index (χ3v) is 4.36. The molecule has 0 radical (unpaired) electrons. The van der Waals surface area contributed by atoms with E-state index in [1.807, 2.05) is 20.9 Å². The van der Waals surface area contributed by atoms with Crippen LogP contribution >= 0.6 is 0 Å². The fourth-order valence-corrected chi connectivity index (χ4v) is 3.29. The molecule has 1 aromatic carbocycles. The number of halogens is 1. The number of amides is 1. The number of ether oxygens (including phenoxy) is 1. The molecule has 128 valence electrons. The highest BCUT2D eigenvalue weighted by atomic mass is 19.1. The molecular weight excluding hydrogens is 323 g/mol. The van der Waals surface area contributed by atoms with Gasteiger partial charge in [0.05, 0.1) is 28.9 Å². The minimum absolute atomic E-state index is 0.164. The highest BCUT2D eigenvalue weighted by Gasteiger charge is 2.28. The minimum atomic E-state index is -0.390. The number of carbonyl (C=O) groups excluding carboxylic acids is 1. The molecule has 0 aliphatic carbocycles. The summed E-state index contributed by atoms with van der Waals surface area (Å²) >= 11 is 0. The molecule has 0 bridgehead atoms. The molecule has 1 amide bonds. The number of benzene rings is 1. The number of pyridine rings is 1. The molecule has 0 atom stereocenters. The van der Waals surface area contributed by atoms with Crippen molar-refractivity contribution in [2.45, 2.75) is 13.8 Å². The highest BCUT2D eigenvalue weighted by molar-refractivity contribution is 6.14. The Morgan fingerprint density at radius 1 is 1.28 bits per heavy atom. The van der Waals surface area contributed by atoms with Crippen LogP contribution in [0.5, 0.6) is 5.75 Å². The Kier molecular flexibility index (Phi) is 3.45. The van der Waals surface area contributed by atoms with Crippen LogP contribution < -0.4 is 9.64 Å². The van der Waals surface area contributed by atoms with Gasteiger partial charge in [0.1, 0.15) is 18.2 Å². The molecule has 6 nitrogen and oxygen atoms in total. The van der Waals surface area contributed by atoms with Gasteiger partial charge in [0.2, 0.25) is 0 Å². The van der Waals surface area contributed by atoms with E-state index >= 15 is 0 Å². The van der Waals surface area contributed by atoms with Crippen LogP contribution in [0, 0.1) is 19.7 Å². The Morgan fingerprint density at radius 2 is 2.08 bits per heavy atom. The van der Waals surface area contributed by atoms with Crippen LogP contribution in [-0.2, 0) is 7.05 Å². The van der Waals surface area contributed by atoms with Gasteiger partial charge in [-0.3, -0.25) is 9.48 Å². The van der Waals surface area contributed by atoms with E-state index in [2.05, 4.69) is 10.1 Å². The van der Waals surface area contributed by atoms with Gasteiger partial charge in [-0.1, -0.05) is 0 Å². The number of aromatic nitrogens is 3. The van der Waals surface area contributed by atoms with Crippen molar-refractivity contribution in [2.24, 2.45) is 7.05 Å². The van der Waals surface area contributed by atoms with Gasteiger partial charge in [0.15, 0.2) is 5.65 Å². The van der Waals surface area contributed by atoms with Crippen molar-refractivity contribution in [3.8, 4) is 5.75 Å². The molecule has 0 saturated heterocycles. The number of aryl methyl sites for hydroxylation is 3. The summed E-state index contributed by atoms with van der Waals surface area (Å²) in [7, 11) is 1.81. The van der Waals surface area contributed by atoms with Gasteiger partial charge in [-0.05, 0) is 32.0 Å². The summed E-state index contributed by atoms with van der Waals surface area (Å²) < 4.78 is 20.6. The maximum absolute atomic E-state index is 13.5. The topological polar surface area (TPSA) is 60.3 Å². The second-order valence-electron chi connectivity index (χ2n) is 6.14. The average Bonchev–Trinajstić information content (AvgIpc) is 2.86. The number of fused-ring (bicyclic) bond motifs is 2. The lowest BCUT2D eigenvalue weighted by molar-refractivity contribution is 0.0978. The highest BCUT2D eigenvalue weighted by Crippen LogP contribution is 2.34. The Balaban J connectivity index is 1.87. The van der Waals surface area contributed by atoms with E-state index in [0.29, 0.717) is 35.8 Å². The Bertz CT molecular complexity index is 1010. The van der Waals surface area contributed by atoms with Crippen LogP contribution in [0.1, 0.15) is 21.7 Å². The smallest absolute Gasteiger partial charge is 0.259 e. The molecule has 0 spiro atoms. The predicted molar refractivity (Wildman–Crippen MR) is 91.6 cm³/mol. The van der Waals surface area contributed by atoms with Gasteiger partial charge < -0.3 is 9.64 Å². The first kappa shape index (κ1) is 15.6. The molecule has 2 aromatic heterocycles. The molecule has 3 heterocycles. The van der Waals surface area contributed by atoms with Crippen molar-refractivity contribution in [1.82, 2.24) is 14.8 Å². The zero-order valence-electron chi connectivity index (χ0n) is 14.2. The van der Waals surface area contributed by atoms with Crippen LogP contribution in [0.25, 0.3) is 11.0 Å². The minimum Gasteiger partial charge on any atom is -0.489 e. The van der Waals surface area contributed by atoms with Crippen molar-refractivity contribution < 1.29 is 13.9 Å². The summed E-state index contributed by atoms with van der Waals surface area (Å²) in [5, 5.41) is 5.13. The molecule has 1 aliphatic heterocycles. The van der Waals surface area contributed by atoms with Gasteiger partial charge in [0.25, 0.3) is 5.91 Å². The first-order valence-electron chi connectivity index (χ1n) is 8.01. The summed E-state index contributed by atoms with van der Waals surface area (Å²) in [4.78, 5) is 19.4. The summed E-state index contributed by atoms with van der Waals surface area (Å²) in [5.41, 5.74) is 3.29. The molecule has 4 rings (SSSR count). The standard InChI is InChI=1S/C18H17FN4O2/c1-10-8-13(16-11(2)21-22(3)17(16)20-10)18(24)23-6-7-25-15-9-12(19)4-5-14(15)23/h4-5,8-9H,6-7H2,1-3H3. The average molecular weight is 340 g/mol. The summed E-state index contributed by atoms with van der Waals surface area (Å²) in [6.07, 6.45) is 0. The fraction of sp³-hybridized carbons (Fsp3) is 0.278. The summed E-state index contributed by atoms with van der Waals surface area (Å²) in [5.74, 6) is -0.175. The second-order valence-corrected chi connectivity index (χ2v) is 6.14. The van der Waals surface area contributed by atoms with Crippen LogP contribution in [0.2, 0.25) is 0 Å². The van der Waals surface area contributed by atoms with Crippen LogP contribution in [0.3, 0.4) is 0 Å². The lowest BCUT2D eigenvalue weighted by Gasteiger charge is -2.29. The quantitative estimate of drug-likeness (QED) is 0.683. The maximum Gasteiger partial charge on any atom is 0.259 e. The van der Waals surface area contributed by atoms with Crippen LogP contribution in [0.4, 0.5) is 10.1 Å². The van der Waals surface area contributed by atoms with E-state index in [0.717, 1.165) is 16.8 Å². The van der Waals surface area contributed by atoms with Gasteiger partial charge in [-0.15, -0.1) is 0 Å². The zero-order chi connectivity index (χ0) is 17.7. The van der Waals surface area contributed by atoms with Crippen molar-refractivity contribution in [3.05, 3.63) is 47.0 Å². The first-order chi connectivity index (χ1) is 12.0. The third kappa shape index (κ3) is 2.43. The largest absolute Gasteiger partial charge is 0.489 e. The van der Waals surface area contributed by atoms with E-state index in [1.54, 1.807) is 21.7 Å².